The topological polar surface area (TPSA) is 105 Å². The van der Waals surface area contributed by atoms with Crippen molar-refractivity contribution in [2.24, 2.45) is 0 Å². The van der Waals surface area contributed by atoms with E-state index in [4.69, 9.17) is 4.74 Å². The Labute approximate surface area is 209 Å². The van der Waals surface area contributed by atoms with Crippen molar-refractivity contribution in [3.05, 3.63) is 53.8 Å². The molecule has 1 saturated heterocycles. The highest BCUT2D eigenvalue weighted by atomic mass is 32.2. The number of hydrogen-bond acceptors (Lipinski definition) is 5. The van der Waals surface area contributed by atoms with Gasteiger partial charge in [0.25, 0.3) is 0 Å². The number of nitrogens with one attached hydrogen (secondary N) is 2. The van der Waals surface area contributed by atoms with Crippen molar-refractivity contribution in [3.63, 3.8) is 0 Å². The molecule has 1 aliphatic heterocycles. The third kappa shape index (κ3) is 4.99. The van der Waals surface area contributed by atoms with Crippen molar-refractivity contribution in [1.29, 1.82) is 0 Å². The van der Waals surface area contributed by atoms with Crippen LogP contribution in [-0.2, 0) is 20.2 Å². The number of carbonyl (C=O) groups is 2. The molecule has 0 atom stereocenters. The molecule has 10 heteroatoms. The van der Waals surface area contributed by atoms with Gasteiger partial charge < -0.3 is 4.74 Å². The van der Waals surface area contributed by atoms with Crippen molar-refractivity contribution < 1.29 is 27.1 Å². The minimum atomic E-state index is -3.43. The molecular formula is C26H28FN3O5S. The molecule has 3 aromatic carbocycles. The smallest absolute Gasteiger partial charge is 0.328 e. The highest BCUT2D eigenvalue weighted by Gasteiger charge is 2.32. The highest BCUT2D eigenvalue weighted by molar-refractivity contribution is 7.92. The van der Waals surface area contributed by atoms with Crippen LogP contribution >= 0.6 is 0 Å². The summed E-state index contributed by atoms with van der Waals surface area (Å²) in [4.78, 5) is 25.5. The van der Waals surface area contributed by atoms with Gasteiger partial charge in [-0.25, -0.2) is 17.6 Å². The Kier molecular flexibility index (Phi) is 6.42. The normalized spacial score (nSPS) is 14.7. The van der Waals surface area contributed by atoms with Gasteiger partial charge in [0, 0.05) is 24.2 Å². The lowest BCUT2D eigenvalue weighted by molar-refractivity contribution is -0.120. The predicted octanol–water partition coefficient (Wildman–Crippen LogP) is 4.77. The number of carbonyl (C=O) groups excluding carboxylic acids is 2. The average molecular weight is 514 g/mol. The van der Waals surface area contributed by atoms with Gasteiger partial charge in [-0.1, -0.05) is 39.0 Å². The van der Waals surface area contributed by atoms with E-state index >= 15 is 4.39 Å². The molecule has 36 heavy (non-hydrogen) atoms. The van der Waals surface area contributed by atoms with Crippen LogP contribution in [0.5, 0.6) is 5.75 Å². The fourth-order valence-corrected chi connectivity index (χ4v) is 4.88. The van der Waals surface area contributed by atoms with Crippen LogP contribution in [0.2, 0.25) is 0 Å². The van der Waals surface area contributed by atoms with E-state index in [9.17, 15) is 18.0 Å². The molecule has 1 fully saturated rings. The zero-order chi connectivity index (χ0) is 26.4. The van der Waals surface area contributed by atoms with Crippen LogP contribution in [0.25, 0.3) is 21.9 Å². The molecule has 0 aromatic heterocycles. The molecule has 0 aliphatic carbocycles. The van der Waals surface area contributed by atoms with Crippen molar-refractivity contribution in [2.45, 2.75) is 32.6 Å². The number of nitrogens with zero attached hydrogens (tertiary/aromatic N) is 1. The number of urea groups is 1. The Hall–Kier alpha value is -3.66. The van der Waals surface area contributed by atoms with E-state index < -0.39 is 33.2 Å². The maximum atomic E-state index is 16.2. The molecule has 190 valence electrons. The van der Waals surface area contributed by atoms with E-state index in [1.165, 1.54) is 12.0 Å². The van der Waals surface area contributed by atoms with Crippen molar-refractivity contribution in [1.82, 2.24) is 5.32 Å². The molecule has 3 amide bonds. The molecule has 4 rings (SSSR count). The third-order valence-electron chi connectivity index (χ3n) is 5.99. The first kappa shape index (κ1) is 25.4. The average Bonchev–Trinajstić information content (AvgIpc) is 2.77. The van der Waals surface area contributed by atoms with Gasteiger partial charge in [-0.2, -0.15) is 0 Å². The van der Waals surface area contributed by atoms with Crippen LogP contribution in [0, 0.1) is 5.82 Å². The lowest BCUT2D eigenvalue weighted by atomic mass is 9.83. The first-order valence-corrected chi connectivity index (χ1v) is 13.2. The van der Waals surface area contributed by atoms with Gasteiger partial charge >= 0.3 is 6.03 Å². The number of fused-ring (bicyclic) bond motifs is 1. The van der Waals surface area contributed by atoms with Crippen LogP contribution < -0.4 is 19.7 Å². The highest BCUT2D eigenvalue weighted by Crippen LogP contribution is 2.45. The Morgan fingerprint density at radius 3 is 2.33 bits per heavy atom. The van der Waals surface area contributed by atoms with E-state index in [-0.39, 0.29) is 24.2 Å². The fourth-order valence-electron chi connectivity index (χ4n) is 4.32. The zero-order valence-electron chi connectivity index (χ0n) is 20.7. The number of benzene rings is 3. The molecule has 0 unspecified atom stereocenters. The number of amides is 3. The number of methoxy groups -OCH3 is 1. The van der Waals surface area contributed by atoms with Crippen molar-refractivity contribution in [3.8, 4) is 16.9 Å². The number of halogens is 1. The molecule has 1 aliphatic rings. The maximum Gasteiger partial charge on any atom is 0.328 e. The van der Waals surface area contributed by atoms with E-state index in [0.717, 1.165) is 17.0 Å². The first-order valence-electron chi connectivity index (χ1n) is 11.3. The van der Waals surface area contributed by atoms with E-state index in [1.54, 1.807) is 42.5 Å². The second-order valence-corrected chi connectivity index (χ2v) is 11.6. The monoisotopic (exact) mass is 513 g/mol. The number of hydrogen-bond donors (Lipinski definition) is 2. The summed E-state index contributed by atoms with van der Waals surface area (Å²) in [7, 11) is -1.95. The predicted molar refractivity (Wildman–Crippen MR) is 139 cm³/mol. The number of anilines is 2. The molecule has 1 heterocycles. The summed E-state index contributed by atoms with van der Waals surface area (Å²) in [5.41, 5.74) is 1.46. The van der Waals surface area contributed by atoms with Crippen LogP contribution in [-0.4, -0.2) is 40.3 Å². The van der Waals surface area contributed by atoms with Gasteiger partial charge in [0.15, 0.2) is 5.82 Å². The minimum Gasteiger partial charge on any atom is -0.496 e. The van der Waals surface area contributed by atoms with E-state index in [1.807, 2.05) is 20.8 Å². The summed E-state index contributed by atoms with van der Waals surface area (Å²) < 4.78 is 47.5. The number of sulfonamides is 1. The van der Waals surface area contributed by atoms with E-state index in [2.05, 4.69) is 10.0 Å². The van der Waals surface area contributed by atoms with Crippen LogP contribution in [0.15, 0.2) is 42.5 Å². The molecule has 3 aromatic rings. The Balaban J connectivity index is 1.92. The van der Waals surface area contributed by atoms with Gasteiger partial charge in [0.05, 0.1) is 24.6 Å². The second-order valence-electron chi connectivity index (χ2n) is 9.82. The Morgan fingerprint density at radius 2 is 1.72 bits per heavy atom. The Morgan fingerprint density at radius 1 is 1.06 bits per heavy atom. The summed E-state index contributed by atoms with van der Waals surface area (Å²) in [6.07, 6.45) is 1.14. The largest absolute Gasteiger partial charge is 0.496 e. The summed E-state index contributed by atoms with van der Waals surface area (Å²) in [6.45, 7) is 5.96. The lowest BCUT2D eigenvalue weighted by Crippen LogP contribution is -2.50. The van der Waals surface area contributed by atoms with Crippen LogP contribution in [0.4, 0.5) is 20.6 Å². The molecule has 0 spiro atoms. The van der Waals surface area contributed by atoms with Gasteiger partial charge in [-0.15, -0.1) is 0 Å². The first-order chi connectivity index (χ1) is 16.8. The number of rotatable bonds is 5. The van der Waals surface area contributed by atoms with Gasteiger partial charge in [-0.05, 0) is 46.0 Å². The molecule has 0 radical (unpaired) electrons. The van der Waals surface area contributed by atoms with Gasteiger partial charge in [0.2, 0.25) is 15.9 Å². The summed E-state index contributed by atoms with van der Waals surface area (Å²) >= 11 is 0. The SMILES string of the molecule is COc1c(C(C)(C)C)cc(N2CCC(=O)NC2=O)c(F)c1-c1ccc2cc(NS(C)(=O)=O)ccc2c1. The van der Waals surface area contributed by atoms with Crippen molar-refractivity contribution >= 4 is 44.1 Å². The third-order valence-corrected chi connectivity index (χ3v) is 6.59. The fraction of sp³-hybridized carbons (Fsp3) is 0.308. The summed E-state index contributed by atoms with van der Waals surface area (Å²) in [5, 5.41) is 3.77. The minimum absolute atomic E-state index is 0.0603. The molecular weight excluding hydrogens is 485 g/mol. The van der Waals surface area contributed by atoms with Gasteiger partial charge in [0.1, 0.15) is 5.75 Å². The molecule has 8 nitrogen and oxygen atoms in total. The molecule has 0 saturated carbocycles. The standard InChI is InChI=1S/C26H28FN3O5S/c1-26(2,3)19-14-20(30-11-10-21(31)28-25(30)32)23(27)22(24(19)35-4)17-7-6-16-13-18(29-36(5,33)34)9-8-15(16)12-17/h6-9,12-14,29H,10-11H2,1-5H3,(H,28,31,32). The quantitative estimate of drug-likeness (QED) is 0.511. The van der Waals surface area contributed by atoms with E-state index in [0.29, 0.717) is 22.6 Å². The van der Waals surface area contributed by atoms with Gasteiger partial charge in [-0.3, -0.25) is 19.7 Å². The lowest BCUT2D eigenvalue weighted by Gasteiger charge is -2.31. The number of ether oxygens (including phenoxy) is 1. The summed E-state index contributed by atoms with van der Waals surface area (Å²) in [5.74, 6) is -0.688. The Bertz CT molecular complexity index is 1500. The zero-order valence-corrected chi connectivity index (χ0v) is 21.5. The number of imide groups is 1. The van der Waals surface area contributed by atoms with Crippen LogP contribution in [0.1, 0.15) is 32.8 Å². The summed E-state index contributed by atoms with van der Waals surface area (Å²) in [6, 6.07) is 11.3. The maximum absolute atomic E-state index is 16.2. The van der Waals surface area contributed by atoms with Crippen LogP contribution in [0.3, 0.4) is 0 Å². The molecule has 0 bridgehead atoms. The second kappa shape index (κ2) is 9.09. The van der Waals surface area contributed by atoms with Crippen molar-refractivity contribution in [2.75, 3.05) is 29.5 Å². The molecule has 2 N–H and O–H groups in total.